The topological polar surface area (TPSA) is 17.1 Å². The molecule has 0 radical (unpaired) electrons. The SMILES string of the molecule is CC[N+](C=O)(c1ccc(C)cc1)C1CCCCC1. The number of benzene rings is 1. The van der Waals surface area contributed by atoms with E-state index in [1.165, 1.54) is 44.1 Å². The van der Waals surface area contributed by atoms with Gasteiger partial charge in [0.15, 0.2) is 0 Å². The van der Waals surface area contributed by atoms with Crippen molar-refractivity contribution in [1.82, 2.24) is 4.48 Å². The van der Waals surface area contributed by atoms with Crippen molar-refractivity contribution >= 4 is 12.1 Å². The molecule has 1 aromatic carbocycles. The van der Waals surface area contributed by atoms with Crippen LogP contribution in [0.2, 0.25) is 0 Å². The van der Waals surface area contributed by atoms with Gasteiger partial charge in [-0.05, 0) is 38.8 Å². The lowest BCUT2D eigenvalue weighted by atomic mass is 9.92. The first-order chi connectivity index (χ1) is 8.73. The van der Waals surface area contributed by atoms with Crippen LogP contribution in [0.1, 0.15) is 44.6 Å². The first-order valence-electron chi connectivity index (χ1n) is 7.14. The fraction of sp³-hybridized carbons (Fsp3) is 0.562. The summed E-state index contributed by atoms with van der Waals surface area (Å²) >= 11 is 0. The maximum atomic E-state index is 11.8. The summed E-state index contributed by atoms with van der Waals surface area (Å²) in [4.78, 5) is 11.8. The van der Waals surface area contributed by atoms with Gasteiger partial charge in [0, 0.05) is 12.8 Å². The van der Waals surface area contributed by atoms with Gasteiger partial charge in [0.25, 0.3) is 0 Å². The number of rotatable bonds is 4. The van der Waals surface area contributed by atoms with Crippen molar-refractivity contribution < 1.29 is 4.79 Å². The molecule has 0 aromatic heterocycles. The van der Waals surface area contributed by atoms with Crippen LogP contribution in [0.5, 0.6) is 0 Å². The zero-order chi connectivity index (χ0) is 13.0. The fourth-order valence-electron chi connectivity index (χ4n) is 3.24. The average molecular weight is 246 g/mol. The summed E-state index contributed by atoms with van der Waals surface area (Å²) in [5, 5.41) is 0. The van der Waals surface area contributed by atoms with E-state index in [2.05, 4.69) is 38.1 Å². The summed E-state index contributed by atoms with van der Waals surface area (Å²) in [6.07, 6.45) is 7.39. The minimum absolute atomic E-state index is 0.476. The van der Waals surface area contributed by atoms with Gasteiger partial charge < -0.3 is 0 Å². The van der Waals surface area contributed by atoms with Gasteiger partial charge in [0.2, 0.25) is 0 Å². The van der Waals surface area contributed by atoms with Crippen LogP contribution in [-0.2, 0) is 4.79 Å². The maximum Gasteiger partial charge on any atom is 0.306 e. The number of quaternary nitrogens is 1. The number of hydrogen-bond acceptors (Lipinski definition) is 1. The van der Waals surface area contributed by atoms with Crippen molar-refractivity contribution in [3.63, 3.8) is 0 Å². The van der Waals surface area contributed by atoms with Gasteiger partial charge >= 0.3 is 6.41 Å². The second-order valence-corrected chi connectivity index (χ2v) is 5.48. The summed E-state index contributed by atoms with van der Waals surface area (Å²) in [5.41, 5.74) is 2.41. The molecule has 1 fully saturated rings. The Hall–Kier alpha value is -1.15. The molecule has 1 aliphatic carbocycles. The number of carbonyl (C=O) groups is 1. The molecule has 98 valence electrons. The fourth-order valence-corrected chi connectivity index (χ4v) is 3.24. The van der Waals surface area contributed by atoms with Crippen molar-refractivity contribution in [2.45, 2.75) is 52.0 Å². The molecule has 0 heterocycles. The van der Waals surface area contributed by atoms with Gasteiger partial charge in [-0.3, -0.25) is 0 Å². The molecule has 1 unspecified atom stereocenters. The quantitative estimate of drug-likeness (QED) is 0.583. The lowest BCUT2D eigenvalue weighted by molar-refractivity contribution is -0.119. The minimum Gasteiger partial charge on any atom is -0.233 e. The van der Waals surface area contributed by atoms with E-state index in [4.69, 9.17) is 0 Å². The Balaban J connectivity index is 2.35. The number of nitrogens with zero attached hydrogens (tertiary/aromatic N) is 1. The van der Waals surface area contributed by atoms with Gasteiger partial charge in [-0.25, -0.2) is 9.28 Å². The smallest absolute Gasteiger partial charge is 0.233 e. The summed E-state index contributed by atoms with van der Waals surface area (Å²) in [7, 11) is 0. The highest BCUT2D eigenvalue weighted by molar-refractivity contribution is 5.70. The van der Waals surface area contributed by atoms with Crippen LogP contribution < -0.4 is 4.48 Å². The Morgan fingerprint density at radius 1 is 1.17 bits per heavy atom. The van der Waals surface area contributed by atoms with E-state index < -0.39 is 0 Å². The average Bonchev–Trinajstić information content (AvgIpc) is 2.44. The second kappa shape index (κ2) is 5.66. The minimum atomic E-state index is 0.476. The molecule has 1 aromatic rings. The summed E-state index contributed by atoms with van der Waals surface area (Å²) in [6.45, 7) is 5.08. The second-order valence-electron chi connectivity index (χ2n) is 5.48. The van der Waals surface area contributed by atoms with E-state index in [-0.39, 0.29) is 0 Å². The molecular weight excluding hydrogens is 222 g/mol. The first kappa shape index (κ1) is 13.3. The number of carbonyl (C=O) groups excluding carboxylic acids is 1. The van der Waals surface area contributed by atoms with Gasteiger partial charge in [0.05, 0.1) is 6.54 Å². The predicted octanol–water partition coefficient (Wildman–Crippen LogP) is 3.81. The molecule has 0 N–H and O–H groups in total. The third-order valence-electron chi connectivity index (χ3n) is 4.45. The molecule has 0 aliphatic heterocycles. The largest absolute Gasteiger partial charge is 0.306 e. The molecule has 1 saturated carbocycles. The number of hydrogen-bond donors (Lipinski definition) is 0. The van der Waals surface area contributed by atoms with Crippen molar-refractivity contribution in [2.75, 3.05) is 6.54 Å². The molecule has 2 heteroatoms. The molecule has 1 atom stereocenters. The third kappa shape index (κ3) is 2.35. The van der Waals surface area contributed by atoms with Crippen LogP contribution in [0, 0.1) is 6.92 Å². The monoisotopic (exact) mass is 246 g/mol. The molecule has 2 rings (SSSR count). The number of aryl methyl sites for hydroxylation is 1. The molecule has 0 spiro atoms. The molecule has 18 heavy (non-hydrogen) atoms. The van der Waals surface area contributed by atoms with E-state index in [9.17, 15) is 4.79 Å². The lowest BCUT2D eigenvalue weighted by Gasteiger charge is -2.40. The van der Waals surface area contributed by atoms with Gasteiger partial charge in [-0.15, -0.1) is 0 Å². The first-order valence-corrected chi connectivity index (χ1v) is 7.14. The van der Waals surface area contributed by atoms with Gasteiger partial charge in [0.1, 0.15) is 11.7 Å². The van der Waals surface area contributed by atoms with Crippen molar-refractivity contribution in [2.24, 2.45) is 0 Å². The van der Waals surface area contributed by atoms with Crippen molar-refractivity contribution in [1.29, 1.82) is 0 Å². The van der Waals surface area contributed by atoms with Crippen LogP contribution in [0.25, 0.3) is 0 Å². The van der Waals surface area contributed by atoms with E-state index >= 15 is 0 Å². The Morgan fingerprint density at radius 3 is 2.28 bits per heavy atom. The summed E-state index contributed by atoms with van der Waals surface area (Å²) in [6, 6.07) is 8.96. The van der Waals surface area contributed by atoms with E-state index in [1.54, 1.807) is 0 Å². The van der Waals surface area contributed by atoms with E-state index in [1.807, 2.05) is 0 Å². The lowest BCUT2D eigenvalue weighted by Crippen LogP contribution is -2.56. The van der Waals surface area contributed by atoms with Crippen LogP contribution in [-0.4, -0.2) is 19.0 Å². The van der Waals surface area contributed by atoms with Crippen LogP contribution in [0.3, 0.4) is 0 Å². The van der Waals surface area contributed by atoms with Gasteiger partial charge in [-0.2, -0.15) is 0 Å². The van der Waals surface area contributed by atoms with Gasteiger partial charge in [-0.1, -0.05) is 24.1 Å². The van der Waals surface area contributed by atoms with Crippen molar-refractivity contribution in [3.8, 4) is 0 Å². The Labute approximate surface area is 110 Å². The predicted molar refractivity (Wildman–Crippen MR) is 76.5 cm³/mol. The van der Waals surface area contributed by atoms with Crippen molar-refractivity contribution in [3.05, 3.63) is 29.8 Å². The van der Waals surface area contributed by atoms with E-state index in [0.29, 0.717) is 10.5 Å². The molecule has 0 saturated heterocycles. The Morgan fingerprint density at radius 2 is 1.78 bits per heavy atom. The van der Waals surface area contributed by atoms with Crippen LogP contribution >= 0.6 is 0 Å². The summed E-state index contributed by atoms with van der Waals surface area (Å²) in [5.74, 6) is 0. The van der Waals surface area contributed by atoms with Crippen LogP contribution in [0.15, 0.2) is 24.3 Å². The highest BCUT2D eigenvalue weighted by Gasteiger charge is 2.38. The Bertz CT molecular complexity index is 392. The van der Waals surface area contributed by atoms with Crippen LogP contribution in [0.4, 0.5) is 5.69 Å². The molecule has 2 nitrogen and oxygen atoms in total. The molecular formula is C16H24NO+. The third-order valence-corrected chi connectivity index (χ3v) is 4.45. The highest BCUT2D eigenvalue weighted by Crippen LogP contribution is 2.33. The summed E-state index contributed by atoms with van der Waals surface area (Å²) < 4.78 is 0.514. The zero-order valence-electron chi connectivity index (χ0n) is 11.6. The molecule has 1 amide bonds. The normalized spacial score (nSPS) is 20.3. The zero-order valence-corrected chi connectivity index (χ0v) is 11.6. The number of amides is 1. The Kier molecular flexibility index (Phi) is 4.18. The maximum absolute atomic E-state index is 11.8. The highest BCUT2D eigenvalue weighted by atomic mass is 16.1. The van der Waals surface area contributed by atoms with E-state index in [0.717, 1.165) is 12.2 Å². The standard InChI is InChI=1S/C16H24NO/c1-3-17(13-18,15-7-5-4-6-8-15)16-11-9-14(2)10-12-16/h9-13,15H,3-8H2,1-2H3/q+1. The molecule has 1 aliphatic rings. The molecule has 0 bridgehead atoms.